The van der Waals surface area contributed by atoms with E-state index in [1.807, 2.05) is 33.8 Å². The minimum atomic E-state index is -1.41. The molecule has 2 bridgehead atoms. The number of allylic oxidation sites excluding steroid dienone is 2. The standard InChI is InChI=1S/C32H40O10/c1-8-15(2)28(37)42-26-17-11-16-19(32(6,25(17)36)21(30(26,3)4)14-22(33)39-7)9-10-31(5)20(16)13-24(35)40-27(31)18-12-23(34)41-29(18)38/h8,11-12,17,19-21,23,26-27,34H,9-10,13-14H2,1-7H3. The van der Waals surface area contributed by atoms with Crippen molar-refractivity contribution in [1.82, 2.24) is 0 Å². The Labute approximate surface area is 245 Å². The number of aliphatic hydroxyl groups excluding tert-OH is 1. The van der Waals surface area contributed by atoms with Crippen molar-refractivity contribution in [3.05, 3.63) is 34.9 Å². The van der Waals surface area contributed by atoms with Crippen molar-refractivity contribution in [3.63, 3.8) is 0 Å². The van der Waals surface area contributed by atoms with E-state index in [1.54, 1.807) is 19.9 Å². The zero-order valence-corrected chi connectivity index (χ0v) is 25.2. The molecule has 0 aromatic heterocycles. The second kappa shape index (κ2) is 10.2. The Hall–Kier alpha value is -3.27. The van der Waals surface area contributed by atoms with E-state index in [9.17, 15) is 29.1 Å². The Balaban J connectivity index is 1.66. The van der Waals surface area contributed by atoms with Gasteiger partial charge in [0.1, 0.15) is 18.0 Å². The highest BCUT2D eigenvalue weighted by atomic mass is 16.6. The summed E-state index contributed by atoms with van der Waals surface area (Å²) in [5, 5.41) is 9.94. The summed E-state index contributed by atoms with van der Waals surface area (Å²) >= 11 is 0. The van der Waals surface area contributed by atoms with Gasteiger partial charge in [-0.15, -0.1) is 0 Å². The fourth-order valence-electron chi connectivity index (χ4n) is 8.65. The van der Waals surface area contributed by atoms with Gasteiger partial charge in [0.15, 0.2) is 0 Å². The monoisotopic (exact) mass is 584 g/mol. The van der Waals surface area contributed by atoms with Crippen LogP contribution < -0.4 is 0 Å². The van der Waals surface area contributed by atoms with Crippen LogP contribution in [0, 0.1) is 39.9 Å². The highest BCUT2D eigenvalue weighted by Gasteiger charge is 2.69. The molecule has 0 aromatic carbocycles. The Kier molecular flexibility index (Phi) is 7.32. The van der Waals surface area contributed by atoms with Crippen LogP contribution in [-0.4, -0.2) is 60.4 Å². The van der Waals surface area contributed by atoms with Crippen molar-refractivity contribution in [2.24, 2.45) is 39.9 Å². The van der Waals surface area contributed by atoms with E-state index in [2.05, 4.69) is 0 Å². The second-order valence-electron chi connectivity index (χ2n) is 13.4. The molecule has 0 spiro atoms. The van der Waals surface area contributed by atoms with Gasteiger partial charge in [0.05, 0.1) is 25.0 Å². The zero-order chi connectivity index (χ0) is 30.9. The van der Waals surface area contributed by atoms with Crippen molar-refractivity contribution in [3.8, 4) is 0 Å². The van der Waals surface area contributed by atoms with E-state index in [1.165, 1.54) is 13.2 Å². The van der Waals surface area contributed by atoms with Crippen molar-refractivity contribution < 1.29 is 48.0 Å². The lowest BCUT2D eigenvalue weighted by atomic mass is 9.40. The molecule has 9 unspecified atom stereocenters. The number of esters is 4. The number of fused-ring (bicyclic) bond motifs is 6. The molecule has 1 N–H and O–H groups in total. The highest BCUT2D eigenvalue weighted by Crippen LogP contribution is 2.67. The molecule has 0 aromatic rings. The Bertz CT molecular complexity index is 1340. The molecule has 10 nitrogen and oxygen atoms in total. The van der Waals surface area contributed by atoms with Gasteiger partial charge in [-0.2, -0.15) is 0 Å². The summed E-state index contributed by atoms with van der Waals surface area (Å²) < 4.78 is 21.8. The van der Waals surface area contributed by atoms with Crippen LogP contribution in [0.2, 0.25) is 0 Å². The van der Waals surface area contributed by atoms with Crippen LogP contribution in [-0.2, 0) is 42.9 Å². The smallest absolute Gasteiger partial charge is 0.340 e. The molecule has 42 heavy (non-hydrogen) atoms. The first-order valence-electron chi connectivity index (χ1n) is 14.6. The molecule has 0 radical (unpaired) electrons. The van der Waals surface area contributed by atoms with E-state index in [4.69, 9.17) is 18.9 Å². The molecule has 9 atom stereocenters. The molecule has 2 aliphatic heterocycles. The predicted molar refractivity (Wildman–Crippen MR) is 147 cm³/mol. The topological polar surface area (TPSA) is 142 Å². The van der Waals surface area contributed by atoms with Crippen LogP contribution >= 0.6 is 0 Å². The number of ether oxygens (including phenoxy) is 4. The minimum Gasteiger partial charge on any atom is -0.469 e. The Morgan fingerprint density at radius 1 is 1.10 bits per heavy atom. The lowest BCUT2D eigenvalue weighted by Crippen LogP contribution is -2.67. The summed E-state index contributed by atoms with van der Waals surface area (Å²) in [4.78, 5) is 66.0. The molecule has 3 aliphatic carbocycles. The largest absolute Gasteiger partial charge is 0.469 e. The number of methoxy groups -OCH3 is 1. The van der Waals surface area contributed by atoms with Crippen LogP contribution in [0.25, 0.3) is 0 Å². The molecule has 0 amide bonds. The number of hydrogen-bond donors (Lipinski definition) is 1. The van der Waals surface area contributed by atoms with Gasteiger partial charge in [-0.25, -0.2) is 9.59 Å². The average Bonchev–Trinajstić information content (AvgIpc) is 3.27. The maximum absolute atomic E-state index is 14.4. The molecule has 2 saturated carbocycles. The molecular formula is C32H40O10. The van der Waals surface area contributed by atoms with Gasteiger partial charge in [0.2, 0.25) is 6.29 Å². The molecule has 5 aliphatic rings. The van der Waals surface area contributed by atoms with Gasteiger partial charge < -0.3 is 24.1 Å². The average molecular weight is 585 g/mol. The van der Waals surface area contributed by atoms with E-state index in [0.717, 1.165) is 5.57 Å². The molecule has 2 heterocycles. The predicted octanol–water partition coefficient (Wildman–Crippen LogP) is 3.36. The second-order valence-corrected chi connectivity index (χ2v) is 13.4. The summed E-state index contributed by atoms with van der Waals surface area (Å²) in [6.07, 6.45) is 2.68. The van der Waals surface area contributed by atoms with Gasteiger partial charge in [0.25, 0.3) is 0 Å². The number of hydrogen-bond acceptors (Lipinski definition) is 10. The molecule has 228 valence electrons. The first kappa shape index (κ1) is 30.2. The van der Waals surface area contributed by atoms with E-state index in [0.29, 0.717) is 18.4 Å². The summed E-state index contributed by atoms with van der Waals surface area (Å²) in [5.74, 6) is -4.32. The lowest BCUT2D eigenvalue weighted by molar-refractivity contribution is -0.194. The number of carbonyl (C=O) groups is 5. The van der Waals surface area contributed by atoms with Gasteiger partial charge in [-0.05, 0) is 50.5 Å². The number of carbonyl (C=O) groups excluding carboxylic acids is 5. The Morgan fingerprint density at radius 2 is 1.79 bits per heavy atom. The van der Waals surface area contributed by atoms with E-state index < -0.39 is 76.4 Å². The van der Waals surface area contributed by atoms with Crippen LogP contribution in [0.4, 0.5) is 0 Å². The molecule has 1 saturated heterocycles. The molecular weight excluding hydrogens is 544 g/mol. The number of rotatable bonds is 5. The van der Waals surface area contributed by atoms with Crippen molar-refractivity contribution >= 4 is 29.7 Å². The van der Waals surface area contributed by atoms with Crippen LogP contribution in [0.5, 0.6) is 0 Å². The summed E-state index contributed by atoms with van der Waals surface area (Å²) in [5.41, 5.74) is -1.11. The quantitative estimate of drug-likeness (QED) is 0.221. The van der Waals surface area contributed by atoms with E-state index in [-0.39, 0.29) is 30.1 Å². The summed E-state index contributed by atoms with van der Waals surface area (Å²) in [6, 6.07) is 0. The minimum absolute atomic E-state index is 0.0396. The van der Waals surface area contributed by atoms with Crippen LogP contribution in [0.15, 0.2) is 34.9 Å². The van der Waals surface area contributed by atoms with Gasteiger partial charge in [-0.3, -0.25) is 14.4 Å². The SMILES string of the molecule is CC=C(C)C(=O)OC1C2C=C3C4CC(=O)OC(C5=CC(O)OC5=O)C4(C)CCC3C(C)(C2=O)C(CC(=O)OC)C1(C)C. The number of Topliss-reactive ketones (excluding diaryl/α,β-unsaturated/α-hetero) is 1. The van der Waals surface area contributed by atoms with Gasteiger partial charge in [0, 0.05) is 28.2 Å². The van der Waals surface area contributed by atoms with Gasteiger partial charge >= 0.3 is 23.9 Å². The van der Waals surface area contributed by atoms with Crippen molar-refractivity contribution in [2.45, 2.75) is 85.7 Å². The molecule has 10 heteroatoms. The Morgan fingerprint density at radius 3 is 2.38 bits per heavy atom. The highest BCUT2D eigenvalue weighted by molar-refractivity contribution is 5.95. The fraction of sp³-hybridized carbons (Fsp3) is 0.656. The third kappa shape index (κ3) is 4.28. The third-order valence-corrected chi connectivity index (χ3v) is 11.1. The first-order valence-corrected chi connectivity index (χ1v) is 14.6. The van der Waals surface area contributed by atoms with E-state index >= 15 is 0 Å². The van der Waals surface area contributed by atoms with Crippen molar-refractivity contribution in [1.29, 1.82) is 0 Å². The maximum atomic E-state index is 14.4. The molecule has 3 fully saturated rings. The van der Waals surface area contributed by atoms with Crippen LogP contribution in [0.3, 0.4) is 0 Å². The maximum Gasteiger partial charge on any atom is 0.340 e. The first-order chi connectivity index (χ1) is 19.6. The number of ketones is 1. The third-order valence-electron chi connectivity index (χ3n) is 11.1. The summed E-state index contributed by atoms with van der Waals surface area (Å²) in [7, 11) is 1.31. The normalized spacial score (nSPS) is 40.5. The zero-order valence-electron chi connectivity index (χ0n) is 25.2. The fourth-order valence-corrected chi connectivity index (χ4v) is 8.65. The number of aliphatic hydroxyl groups is 1. The van der Waals surface area contributed by atoms with Gasteiger partial charge in [-0.1, -0.05) is 45.4 Å². The lowest BCUT2D eigenvalue weighted by Gasteiger charge is -2.63. The van der Waals surface area contributed by atoms with Crippen LogP contribution in [0.1, 0.15) is 67.2 Å². The van der Waals surface area contributed by atoms with Crippen molar-refractivity contribution in [2.75, 3.05) is 7.11 Å². The molecule has 5 rings (SSSR count). The summed E-state index contributed by atoms with van der Waals surface area (Å²) in [6.45, 7) is 11.1. The number of cyclic esters (lactones) is 2.